The topological polar surface area (TPSA) is 44.5 Å². The van der Waals surface area contributed by atoms with Gasteiger partial charge in [-0.2, -0.15) is 0 Å². The molecule has 0 saturated heterocycles. The molecule has 20 heavy (non-hydrogen) atoms. The lowest BCUT2D eigenvalue weighted by Crippen LogP contribution is -2.35. The van der Waals surface area contributed by atoms with E-state index in [0.29, 0.717) is 29.9 Å². The summed E-state index contributed by atoms with van der Waals surface area (Å²) in [5.74, 6) is 1.83. The zero-order chi connectivity index (χ0) is 14.3. The zero-order valence-corrected chi connectivity index (χ0v) is 12.9. The van der Waals surface area contributed by atoms with Crippen LogP contribution in [0.2, 0.25) is 5.02 Å². The number of nitrogens with two attached hydrogens (primary N) is 1. The fourth-order valence-electron chi connectivity index (χ4n) is 3.45. The monoisotopic (exact) mass is 295 g/mol. The smallest absolute Gasteiger partial charge is 0.180 e. The van der Waals surface area contributed by atoms with Crippen molar-refractivity contribution in [3.05, 3.63) is 22.2 Å². The number of hydrogen-bond donors (Lipinski definition) is 1. The molecule has 0 amide bonds. The minimum Gasteiger partial charge on any atom is -0.486 e. The van der Waals surface area contributed by atoms with Gasteiger partial charge in [-0.3, -0.25) is 0 Å². The minimum absolute atomic E-state index is 0.265. The molecule has 110 valence electrons. The molecule has 1 aromatic rings. The van der Waals surface area contributed by atoms with E-state index in [4.69, 9.17) is 26.8 Å². The van der Waals surface area contributed by atoms with Gasteiger partial charge in [-0.1, -0.05) is 38.3 Å². The molecule has 1 aliphatic heterocycles. The van der Waals surface area contributed by atoms with Crippen molar-refractivity contribution in [2.75, 3.05) is 13.2 Å². The molecule has 1 heterocycles. The van der Waals surface area contributed by atoms with Gasteiger partial charge in [-0.05, 0) is 30.4 Å². The van der Waals surface area contributed by atoms with Crippen LogP contribution in [0.4, 0.5) is 0 Å². The van der Waals surface area contributed by atoms with Crippen LogP contribution in [0.15, 0.2) is 6.07 Å². The Morgan fingerprint density at radius 1 is 1.15 bits per heavy atom. The highest BCUT2D eigenvalue weighted by Crippen LogP contribution is 2.50. The first kappa shape index (κ1) is 14.0. The van der Waals surface area contributed by atoms with Gasteiger partial charge in [0.25, 0.3) is 0 Å². The molecule has 1 aliphatic carbocycles. The predicted octanol–water partition coefficient (Wildman–Crippen LogP) is 3.96. The highest BCUT2D eigenvalue weighted by molar-refractivity contribution is 6.32. The van der Waals surface area contributed by atoms with Gasteiger partial charge in [-0.25, -0.2) is 0 Å². The fourth-order valence-corrected chi connectivity index (χ4v) is 3.70. The first-order chi connectivity index (χ1) is 9.53. The third-order valence-electron chi connectivity index (χ3n) is 4.41. The molecule has 0 unspecified atom stereocenters. The van der Waals surface area contributed by atoms with Crippen molar-refractivity contribution in [1.29, 1.82) is 0 Å². The van der Waals surface area contributed by atoms with E-state index < -0.39 is 0 Å². The average molecular weight is 296 g/mol. The third-order valence-corrected chi connectivity index (χ3v) is 4.70. The molecular formula is C16H22ClNO2. The van der Waals surface area contributed by atoms with Gasteiger partial charge in [-0.15, -0.1) is 0 Å². The summed E-state index contributed by atoms with van der Waals surface area (Å²) in [7, 11) is 0. The molecule has 2 aliphatic rings. The summed E-state index contributed by atoms with van der Waals surface area (Å²) in [5.41, 5.74) is 8.73. The number of benzene rings is 1. The zero-order valence-electron chi connectivity index (χ0n) is 12.2. The number of hydrogen-bond acceptors (Lipinski definition) is 3. The molecule has 1 fully saturated rings. The summed E-state index contributed by atoms with van der Waals surface area (Å²) >= 11 is 6.40. The molecule has 0 bridgehead atoms. The standard InChI is InChI=1S/C16H22ClNO2/c1-10(2)13-11(16(18)5-3-4-6-16)9-12(17)14-15(13)20-8-7-19-14/h9-10H,3-8,18H2,1-2H3. The molecular weight excluding hydrogens is 274 g/mol. The normalized spacial score (nSPS) is 20.4. The van der Waals surface area contributed by atoms with Crippen molar-refractivity contribution in [1.82, 2.24) is 0 Å². The molecule has 4 heteroatoms. The van der Waals surface area contributed by atoms with Crippen molar-refractivity contribution in [3.8, 4) is 11.5 Å². The fraction of sp³-hybridized carbons (Fsp3) is 0.625. The lowest BCUT2D eigenvalue weighted by molar-refractivity contribution is 0.169. The van der Waals surface area contributed by atoms with E-state index in [0.717, 1.165) is 24.2 Å². The van der Waals surface area contributed by atoms with E-state index in [1.54, 1.807) is 0 Å². The summed E-state index contributed by atoms with van der Waals surface area (Å²) in [6, 6.07) is 2.01. The lowest BCUT2D eigenvalue weighted by Gasteiger charge is -2.32. The van der Waals surface area contributed by atoms with Crippen LogP contribution in [-0.2, 0) is 5.54 Å². The Kier molecular flexibility index (Phi) is 3.59. The van der Waals surface area contributed by atoms with Crippen LogP contribution >= 0.6 is 11.6 Å². The quantitative estimate of drug-likeness (QED) is 0.898. The molecule has 0 aromatic heterocycles. The Morgan fingerprint density at radius 3 is 2.35 bits per heavy atom. The Balaban J connectivity index is 2.21. The molecule has 1 saturated carbocycles. The SMILES string of the molecule is CC(C)c1c(C2(N)CCCC2)cc(Cl)c2c1OCCO2. The van der Waals surface area contributed by atoms with Crippen molar-refractivity contribution in [3.63, 3.8) is 0 Å². The van der Waals surface area contributed by atoms with E-state index in [2.05, 4.69) is 13.8 Å². The summed E-state index contributed by atoms with van der Waals surface area (Å²) in [6.45, 7) is 5.47. The van der Waals surface area contributed by atoms with Crippen LogP contribution in [0.1, 0.15) is 56.6 Å². The van der Waals surface area contributed by atoms with Crippen molar-refractivity contribution in [2.24, 2.45) is 5.73 Å². The van der Waals surface area contributed by atoms with Crippen LogP contribution in [0.5, 0.6) is 11.5 Å². The number of rotatable bonds is 2. The van der Waals surface area contributed by atoms with Crippen LogP contribution < -0.4 is 15.2 Å². The van der Waals surface area contributed by atoms with Gasteiger partial charge in [0, 0.05) is 11.1 Å². The van der Waals surface area contributed by atoms with Crippen molar-refractivity contribution in [2.45, 2.75) is 51.0 Å². The number of halogens is 1. The molecule has 3 nitrogen and oxygen atoms in total. The molecule has 1 aromatic carbocycles. The summed E-state index contributed by atoms with van der Waals surface area (Å²) in [5, 5.41) is 0.621. The lowest BCUT2D eigenvalue weighted by atomic mass is 9.81. The van der Waals surface area contributed by atoms with Crippen molar-refractivity contribution >= 4 is 11.6 Å². The first-order valence-electron chi connectivity index (χ1n) is 7.44. The number of fused-ring (bicyclic) bond motifs is 1. The van der Waals surface area contributed by atoms with Gasteiger partial charge in [0.2, 0.25) is 0 Å². The maximum absolute atomic E-state index is 6.67. The highest BCUT2D eigenvalue weighted by Gasteiger charge is 2.37. The van der Waals surface area contributed by atoms with Crippen LogP contribution in [0.25, 0.3) is 0 Å². The molecule has 3 rings (SSSR count). The van der Waals surface area contributed by atoms with E-state index in [-0.39, 0.29) is 5.54 Å². The Bertz CT molecular complexity index is 522. The highest BCUT2D eigenvalue weighted by atomic mass is 35.5. The van der Waals surface area contributed by atoms with Crippen LogP contribution in [-0.4, -0.2) is 13.2 Å². The maximum atomic E-state index is 6.67. The van der Waals surface area contributed by atoms with E-state index in [9.17, 15) is 0 Å². The van der Waals surface area contributed by atoms with Crippen LogP contribution in [0, 0.1) is 0 Å². The Morgan fingerprint density at radius 2 is 1.75 bits per heavy atom. The maximum Gasteiger partial charge on any atom is 0.180 e. The van der Waals surface area contributed by atoms with Gasteiger partial charge < -0.3 is 15.2 Å². The summed E-state index contributed by atoms with van der Waals surface area (Å²) < 4.78 is 11.6. The third kappa shape index (κ3) is 2.17. The second kappa shape index (κ2) is 5.12. The molecule has 0 atom stereocenters. The first-order valence-corrected chi connectivity index (χ1v) is 7.82. The average Bonchev–Trinajstić information content (AvgIpc) is 2.86. The molecule has 2 N–H and O–H groups in total. The Labute approximate surface area is 125 Å². The Hall–Kier alpha value is -0.930. The van der Waals surface area contributed by atoms with Crippen molar-refractivity contribution < 1.29 is 9.47 Å². The molecule has 0 radical (unpaired) electrons. The van der Waals surface area contributed by atoms with E-state index in [1.807, 2.05) is 6.07 Å². The van der Waals surface area contributed by atoms with Gasteiger partial charge in [0.1, 0.15) is 13.2 Å². The minimum atomic E-state index is -0.265. The number of ether oxygens (including phenoxy) is 2. The summed E-state index contributed by atoms with van der Waals surface area (Å²) in [4.78, 5) is 0. The van der Waals surface area contributed by atoms with E-state index >= 15 is 0 Å². The second-order valence-corrected chi connectivity index (χ2v) is 6.60. The predicted molar refractivity (Wildman–Crippen MR) is 80.9 cm³/mol. The van der Waals surface area contributed by atoms with Gasteiger partial charge in [0.15, 0.2) is 11.5 Å². The van der Waals surface area contributed by atoms with Gasteiger partial charge >= 0.3 is 0 Å². The van der Waals surface area contributed by atoms with Gasteiger partial charge in [0.05, 0.1) is 5.02 Å². The summed E-state index contributed by atoms with van der Waals surface area (Å²) in [6.07, 6.45) is 4.39. The van der Waals surface area contributed by atoms with E-state index in [1.165, 1.54) is 18.4 Å². The largest absolute Gasteiger partial charge is 0.486 e. The molecule has 0 spiro atoms. The van der Waals surface area contributed by atoms with Crippen LogP contribution in [0.3, 0.4) is 0 Å². The second-order valence-electron chi connectivity index (χ2n) is 6.19.